The number of pyridine rings is 1. The summed E-state index contributed by atoms with van der Waals surface area (Å²) in [7, 11) is 3.77. The molecule has 0 saturated carbocycles. The lowest BCUT2D eigenvalue weighted by molar-refractivity contribution is -0.155. The van der Waals surface area contributed by atoms with Gasteiger partial charge in [-0.3, -0.25) is 34.0 Å². The van der Waals surface area contributed by atoms with Gasteiger partial charge in [0.25, 0.3) is 5.91 Å². The van der Waals surface area contributed by atoms with Gasteiger partial charge in [-0.25, -0.2) is 5.43 Å². The van der Waals surface area contributed by atoms with Gasteiger partial charge in [0.1, 0.15) is 18.1 Å². The van der Waals surface area contributed by atoms with Crippen molar-refractivity contribution in [3.8, 4) is 22.4 Å². The van der Waals surface area contributed by atoms with Crippen LogP contribution in [0.5, 0.6) is 0 Å². The van der Waals surface area contributed by atoms with E-state index in [-0.39, 0.29) is 37.3 Å². The van der Waals surface area contributed by atoms with E-state index in [1.165, 1.54) is 21.5 Å². The zero-order chi connectivity index (χ0) is 50.9. The number of carbonyl (C=O) groups excluding carboxylic acids is 5. The molecule has 3 fully saturated rings. The van der Waals surface area contributed by atoms with Gasteiger partial charge in [-0.05, 0) is 136 Å². The Bertz CT molecular complexity index is 2670. The zero-order valence-electron chi connectivity index (χ0n) is 43.0. The fourth-order valence-electron chi connectivity index (χ4n) is 11.4. The maximum Gasteiger partial charge on any atom is 0.324 e. The Hall–Kier alpha value is -5.90. The molecule has 1 unspecified atom stereocenters. The van der Waals surface area contributed by atoms with Crippen LogP contribution >= 0.6 is 0 Å². The Morgan fingerprint density at radius 2 is 1.76 bits per heavy atom. The van der Waals surface area contributed by atoms with Crippen LogP contribution in [0.4, 0.5) is 0 Å². The van der Waals surface area contributed by atoms with E-state index in [9.17, 15) is 29.1 Å². The van der Waals surface area contributed by atoms with Gasteiger partial charge >= 0.3 is 5.97 Å². The van der Waals surface area contributed by atoms with E-state index >= 15 is 0 Å². The van der Waals surface area contributed by atoms with Crippen LogP contribution in [-0.2, 0) is 48.1 Å². The third-order valence-electron chi connectivity index (χ3n) is 15.3. The average molecular weight is 971 g/mol. The molecule has 5 atom stereocenters. The number of nitrogens with one attached hydrogen (secondary N) is 2. The summed E-state index contributed by atoms with van der Waals surface area (Å²) in [6, 6.07) is 14.0. The number of likely N-dealkylation sites (tertiary alicyclic amines) is 2. The van der Waals surface area contributed by atoms with E-state index in [0.29, 0.717) is 56.9 Å². The van der Waals surface area contributed by atoms with Crippen molar-refractivity contribution in [1.82, 2.24) is 40.0 Å². The highest BCUT2D eigenvalue weighted by Gasteiger charge is 2.40. The highest BCUT2D eigenvalue weighted by atomic mass is 16.5. The molecule has 2 aromatic carbocycles. The van der Waals surface area contributed by atoms with Gasteiger partial charge in [-0.15, -0.1) is 0 Å². The minimum Gasteiger partial charge on any atom is -0.464 e. The topological polar surface area (TPSA) is 170 Å². The second-order valence-corrected chi connectivity index (χ2v) is 21.6. The highest BCUT2D eigenvalue weighted by molar-refractivity contribution is 5.96. The smallest absolute Gasteiger partial charge is 0.324 e. The molecule has 4 aliphatic heterocycles. The number of aliphatic hydroxyl groups is 1. The molecule has 8 rings (SSSR count). The van der Waals surface area contributed by atoms with Crippen molar-refractivity contribution in [2.24, 2.45) is 17.3 Å². The van der Waals surface area contributed by atoms with Gasteiger partial charge in [-0.1, -0.05) is 64.6 Å². The summed E-state index contributed by atoms with van der Waals surface area (Å²) in [6.07, 6.45) is 6.60. The Kier molecular flexibility index (Phi) is 15.5. The molecule has 0 radical (unpaired) electrons. The number of rotatable bonds is 10. The monoisotopic (exact) mass is 971 g/mol. The number of fused-ring (bicyclic) bond motifs is 6. The minimum absolute atomic E-state index is 0.111. The van der Waals surface area contributed by atoms with Crippen LogP contribution in [-0.4, -0.2) is 136 Å². The molecule has 380 valence electrons. The molecule has 71 heavy (non-hydrogen) atoms. The van der Waals surface area contributed by atoms with Gasteiger partial charge in [0.15, 0.2) is 0 Å². The van der Waals surface area contributed by atoms with Crippen molar-refractivity contribution in [2.45, 2.75) is 123 Å². The largest absolute Gasteiger partial charge is 0.464 e. The van der Waals surface area contributed by atoms with Crippen LogP contribution in [0.1, 0.15) is 108 Å². The van der Waals surface area contributed by atoms with Gasteiger partial charge in [0.05, 0.1) is 30.0 Å². The number of amides is 4. The lowest BCUT2D eigenvalue weighted by Gasteiger charge is -2.37. The molecule has 3 N–H and O–H groups in total. The summed E-state index contributed by atoms with van der Waals surface area (Å²) >= 11 is 0. The number of carbonyl (C=O) groups is 5. The molecule has 15 heteroatoms. The lowest BCUT2D eigenvalue weighted by Crippen LogP contribution is -2.62. The van der Waals surface area contributed by atoms with Crippen LogP contribution in [0.15, 0.2) is 67.4 Å². The second-order valence-electron chi connectivity index (χ2n) is 21.6. The number of ether oxygens (including phenoxy) is 1. The molecule has 0 aliphatic carbocycles. The number of aryl methyl sites for hydroxylation is 1. The summed E-state index contributed by atoms with van der Waals surface area (Å²) in [5.41, 5.74) is 11.2. The minimum atomic E-state index is -1.06. The van der Waals surface area contributed by atoms with Gasteiger partial charge in [0.2, 0.25) is 17.7 Å². The molecule has 4 aromatic rings. The number of likely N-dealkylation sites (N-methyl/N-ethyl adjacent to an activating group) is 1. The van der Waals surface area contributed by atoms with E-state index in [2.05, 4.69) is 91.0 Å². The molecule has 3 saturated heterocycles. The quantitative estimate of drug-likeness (QED) is 0.119. The van der Waals surface area contributed by atoms with Crippen LogP contribution in [0.3, 0.4) is 0 Å². The number of aliphatic hydroxyl groups excluding tert-OH is 1. The van der Waals surface area contributed by atoms with E-state index < -0.39 is 53.3 Å². The van der Waals surface area contributed by atoms with Crippen molar-refractivity contribution in [3.63, 3.8) is 0 Å². The summed E-state index contributed by atoms with van der Waals surface area (Å²) in [6.45, 7) is 19.2. The number of nitrogens with zero attached hydrogens (tertiary/aromatic N) is 6. The first-order valence-electron chi connectivity index (χ1n) is 25.7. The number of hydrazine groups is 1. The van der Waals surface area contributed by atoms with E-state index in [0.717, 1.165) is 70.3 Å². The number of cyclic esters (lactones) is 1. The third-order valence-corrected chi connectivity index (χ3v) is 15.3. The van der Waals surface area contributed by atoms with E-state index in [4.69, 9.17) is 9.72 Å². The van der Waals surface area contributed by atoms with Crippen molar-refractivity contribution in [2.75, 3.05) is 53.4 Å². The number of hydrogen-bond acceptors (Lipinski definition) is 10. The number of hydrogen-bond donors (Lipinski definition) is 3. The first-order chi connectivity index (χ1) is 33.9. The van der Waals surface area contributed by atoms with Crippen LogP contribution in [0.2, 0.25) is 0 Å². The Morgan fingerprint density at radius 3 is 2.46 bits per heavy atom. The van der Waals surface area contributed by atoms with Crippen molar-refractivity contribution in [1.29, 1.82) is 0 Å². The van der Waals surface area contributed by atoms with Gasteiger partial charge in [0, 0.05) is 67.7 Å². The summed E-state index contributed by atoms with van der Waals surface area (Å²) < 4.78 is 8.52. The summed E-state index contributed by atoms with van der Waals surface area (Å²) in [4.78, 5) is 80.2. The first kappa shape index (κ1) is 51.5. The molecular formula is C56H74N8O7. The van der Waals surface area contributed by atoms with Crippen molar-refractivity contribution < 1.29 is 33.8 Å². The second kappa shape index (κ2) is 21.4. The van der Waals surface area contributed by atoms with Crippen LogP contribution in [0, 0.1) is 17.3 Å². The average Bonchev–Trinajstić information content (AvgIpc) is 3.97. The zero-order valence-corrected chi connectivity index (χ0v) is 43.0. The van der Waals surface area contributed by atoms with E-state index in [1.54, 1.807) is 18.9 Å². The Balaban J connectivity index is 1.20. The first-order valence-corrected chi connectivity index (χ1v) is 25.7. The standard InChI is InChI=1S/C56H74N8O7/c1-10-48(66)62-25-21-40(32-62)53(68)61(9)50(34(3)4)52(67)58-46-27-36-14-12-15-38(26-36)39-17-18-47-42(28-39)44(30-56(6,7)33-71-55(70)45-16-13-22-64(59-45)54(46)69)51(63(47)11-2)43-29-41(31-57-49(43)35(5)65)37-19-23-60(8)24-20-37/h10,12,14-15,17-18,26,28-29,31,34-35,37,40,45-46,50,59,65H,1,11,13,16,19-25,27,30,32-33H2,2-9H3,(H,58,67)/t35-,40-,45-,46-,50?/m0/s1. The predicted octanol–water partition coefficient (Wildman–Crippen LogP) is 6.42. The Morgan fingerprint density at radius 1 is 1.01 bits per heavy atom. The SMILES string of the molecule is C=CC(=O)N1CC[C@H](C(=O)N(C)C(C(=O)N[C@H]2Cc3cccc(c3)-c3ccc4c(c3)c(c(-c3cc(C5CCN(C)CC5)cnc3[C@H](C)O)n4CC)CC(C)(C)COC(=O)[C@@H]3CCCN(N3)C2=O)C(C)C)C1. The molecule has 0 spiro atoms. The summed E-state index contributed by atoms with van der Waals surface area (Å²) in [5.74, 6) is -2.25. The molecule has 4 amide bonds. The number of piperidine rings is 1. The summed E-state index contributed by atoms with van der Waals surface area (Å²) in [5, 5.41) is 16.9. The van der Waals surface area contributed by atoms with Crippen LogP contribution in [0.25, 0.3) is 33.3 Å². The fraction of sp³-hybridized carbons (Fsp3) is 0.536. The molecule has 4 aliphatic rings. The molecule has 6 heterocycles. The molecule has 6 bridgehead atoms. The number of benzene rings is 2. The lowest BCUT2D eigenvalue weighted by atomic mass is 9.83. The normalized spacial score (nSPS) is 22.2. The molecular weight excluding hydrogens is 897 g/mol. The van der Waals surface area contributed by atoms with Crippen LogP contribution < -0.4 is 10.7 Å². The van der Waals surface area contributed by atoms with E-state index in [1.807, 2.05) is 32.2 Å². The number of aromatic nitrogens is 2. The van der Waals surface area contributed by atoms with Crippen molar-refractivity contribution in [3.05, 3.63) is 89.8 Å². The number of esters is 1. The van der Waals surface area contributed by atoms with Gasteiger partial charge < -0.3 is 34.4 Å². The maximum atomic E-state index is 14.8. The molecule has 15 nitrogen and oxygen atoms in total. The predicted molar refractivity (Wildman–Crippen MR) is 275 cm³/mol. The molecule has 2 aromatic heterocycles. The Labute approximate surface area is 418 Å². The third kappa shape index (κ3) is 11.0. The van der Waals surface area contributed by atoms with Crippen molar-refractivity contribution >= 4 is 40.5 Å². The van der Waals surface area contributed by atoms with Gasteiger partial charge in [-0.2, -0.15) is 0 Å². The fourth-order valence-corrected chi connectivity index (χ4v) is 11.4. The highest BCUT2D eigenvalue weighted by Crippen LogP contribution is 2.43. The maximum absolute atomic E-state index is 14.8.